The molecule has 3 unspecified atom stereocenters. The van der Waals surface area contributed by atoms with Crippen molar-refractivity contribution in [2.75, 3.05) is 27.2 Å². The number of halogens is 1. The molecule has 5 heterocycles. The molecule has 0 amide bonds. The molecular formula is C29H36FN9. The van der Waals surface area contributed by atoms with E-state index in [2.05, 4.69) is 52.2 Å². The van der Waals surface area contributed by atoms with E-state index >= 15 is 0 Å². The number of nitrogens with zero attached hydrogens (tertiary/aromatic N) is 8. The van der Waals surface area contributed by atoms with Crippen molar-refractivity contribution in [1.82, 2.24) is 30.0 Å². The summed E-state index contributed by atoms with van der Waals surface area (Å²) in [5.74, 6) is 2.50. The van der Waals surface area contributed by atoms with Crippen LogP contribution >= 0.6 is 0 Å². The number of aliphatic imine (C=N–C) groups is 2. The van der Waals surface area contributed by atoms with Crippen LogP contribution in [-0.4, -0.2) is 87.8 Å². The van der Waals surface area contributed by atoms with Crippen molar-refractivity contribution in [2.24, 2.45) is 32.8 Å². The van der Waals surface area contributed by atoms with Crippen molar-refractivity contribution in [3.8, 4) is 0 Å². The number of likely N-dealkylation sites (N-methyl/N-ethyl adjacent to an activating group) is 1. The van der Waals surface area contributed by atoms with Crippen molar-refractivity contribution in [1.29, 1.82) is 0 Å². The van der Waals surface area contributed by atoms with E-state index in [1.54, 1.807) is 12.3 Å². The number of guanidine groups is 2. The van der Waals surface area contributed by atoms with Crippen LogP contribution in [-0.2, 0) is 0 Å². The summed E-state index contributed by atoms with van der Waals surface area (Å²) in [6, 6.07) is 2.51. The fourth-order valence-electron chi connectivity index (χ4n) is 7.25. The Hall–Kier alpha value is -3.69. The molecule has 2 aliphatic carbocycles. The second kappa shape index (κ2) is 8.93. The molecule has 0 bridgehead atoms. The second-order valence-electron chi connectivity index (χ2n) is 11.7. The smallest absolute Gasteiger partial charge is 0.206 e. The summed E-state index contributed by atoms with van der Waals surface area (Å²) in [6.07, 6.45) is 9.59. The van der Waals surface area contributed by atoms with Gasteiger partial charge < -0.3 is 20.0 Å². The van der Waals surface area contributed by atoms with E-state index in [0.29, 0.717) is 35.2 Å². The topological polar surface area (TPSA) is 75.0 Å². The number of likely N-dealkylation sites (tertiary alicyclic amines) is 1. The first kappa shape index (κ1) is 24.4. The quantitative estimate of drug-likeness (QED) is 0.648. The third-order valence-corrected chi connectivity index (χ3v) is 9.41. The maximum atomic E-state index is 14.5. The number of hydrogen-bond donors (Lipinski definition) is 1. The van der Waals surface area contributed by atoms with Gasteiger partial charge in [-0.2, -0.15) is 5.10 Å². The molecule has 0 spiro atoms. The van der Waals surface area contributed by atoms with Gasteiger partial charge >= 0.3 is 0 Å². The number of rotatable bonds is 3. The zero-order valence-electron chi connectivity index (χ0n) is 22.9. The SMILES string of the molecule is C=C1NC(N2C[C@@H]3C(N(C)C4=NC(c5ccncc5F)=CC(=C)N4C)[C@@H]3C2)=NC2C1C(C)=NN2C1CCCC1. The van der Waals surface area contributed by atoms with E-state index in [9.17, 15) is 4.39 Å². The Kier molecular flexibility index (Phi) is 5.57. The van der Waals surface area contributed by atoms with Gasteiger partial charge in [0.15, 0.2) is 17.9 Å². The Morgan fingerprint density at radius 3 is 2.62 bits per heavy atom. The van der Waals surface area contributed by atoms with Gasteiger partial charge in [-0.05, 0) is 31.9 Å². The van der Waals surface area contributed by atoms with Crippen LogP contribution in [0.2, 0.25) is 0 Å². The molecular weight excluding hydrogens is 493 g/mol. The summed E-state index contributed by atoms with van der Waals surface area (Å²) < 4.78 is 14.5. The largest absolute Gasteiger partial charge is 0.342 e. The lowest BCUT2D eigenvalue weighted by molar-refractivity contribution is 0.146. The van der Waals surface area contributed by atoms with E-state index in [-0.39, 0.29) is 17.9 Å². The molecule has 204 valence electrons. The summed E-state index contributed by atoms with van der Waals surface area (Å²) in [5.41, 5.74) is 3.89. The summed E-state index contributed by atoms with van der Waals surface area (Å²) in [5, 5.41) is 10.7. The Morgan fingerprint density at radius 1 is 1.15 bits per heavy atom. The lowest BCUT2D eigenvalue weighted by atomic mass is 9.97. The molecule has 4 aliphatic heterocycles. The Labute approximate surface area is 229 Å². The van der Waals surface area contributed by atoms with Crippen LogP contribution in [0.5, 0.6) is 0 Å². The van der Waals surface area contributed by atoms with Gasteiger partial charge in [0, 0.05) is 80.0 Å². The van der Waals surface area contributed by atoms with Crippen LogP contribution in [0.4, 0.5) is 4.39 Å². The number of allylic oxidation sites excluding steroid dienone is 1. The van der Waals surface area contributed by atoms with Crippen molar-refractivity contribution in [3.05, 3.63) is 60.5 Å². The van der Waals surface area contributed by atoms with Crippen molar-refractivity contribution in [2.45, 2.75) is 50.9 Å². The van der Waals surface area contributed by atoms with Gasteiger partial charge in [-0.3, -0.25) is 9.99 Å². The van der Waals surface area contributed by atoms with Crippen molar-refractivity contribution >= 4 is 23.3 Å². The highest BCUT2D eigenvalue weighted by molar-refractivity contribution is 5.94. The van der Waals surface area contributed by atoms with Gasteiger partial charge in [0.1, 0.15) is 0 Å². The molecule has 9 nitrogen and oxygen atoms in total. The molecule has 1 saturated heterocycles. The average molecular weight is 530 g/mol. The second-order valence-corrected chi connectivity index (χ2v) is 11.7. The van der Waals surface area contributed by atoms with E-state index < -0.39 is 0 Å². The number of aromatic nitrogens is 1. The first-order valence-electron chi connectivity index (χ1n) is 14.0. The van der Waals surface area contributed by atoms with Crippen LogP contribution in [0.3, 0.4) is 0 Å². The molecule has 1 N–H and O–H groups in total. The Balaban J connectivity index is 1.06. The standard InChI is InChI=1S/C29H36FN9/c1-16-12-24(20-10-11-31-13-23(20)30)33-29(36(16)4)37(5)26-21-14-38(15-22(21)26)28-32-17(2)25-18(3)35-39(27(25)34-28)19-8-6-7-9-19/h10-13,19,21-22,25-27H,1-2,6-9,14-15H2,3-5H3,(H,32,34)/t21-,22+,25?,26?,27?. The molecule has 7 rings (SSSR count). The van der Waals surface area contributed by atoms with Gasteiger partial charge in [0.2, 0.25) is 5.96 Å². The predicted molar refractivity (Wildman–Crippen MR) is 151 cm³/mol. The highest BCUT2D eigenvalue weighted by atomic mass is 19.1. The van der Waals surface area contributed by atoms with Crippen LogP contribution < -0.4 is 5.32 Å². The minimum Gasteiger partial charge on any atom is -0.342 e. The third kappa shape index (κ3) is 3.86. The zero-order valence-corrected chi connectivity index (χ0v) is 22.9. The van der Waals surface area contributed by atoms with Crippen LogP contribution in [0.1, 0.15) is 38.2 Å². The van der Waals surface area contributed by atoms with E-state index in [1.165, 1.54) is 31.9 Å². The van der Waals surface area contributed by atoms with Gasteiger partial charge in [-0.25, -0.2) is 14.4 Å². The number of fused-ring (bicyclic) bond motifs is 2. The first-order chi connectivity index (χ1) is 18.8. The summed E-state index contributed by atoms with van der Waals surface area (Å²) in [7, 11) is 4.05. The highest BCUT2D eigenvalue weighted by Gasteiger charge is 2.60. The first-order valence-corrected chi connectivity index (χ1v) is 14.0. The van der Waals surface area contributed by atoms with Gasteiger partial charge in [-0.15, -0.1) is 0 Å². The van der Waals surface area contributed by atoms with E-state index in [0.717, 1.165) is 42.1 Å². The normalized spacial score (nSPS) is 31.9. The van der Waals surface area contributed by atoms with Crippen LogP contribution in [0, 0.1) is 23.6 Å². The molecule has 39 heavy (non-hydrogen) atoms. The zero-order chi connectivity index (χ0) is 27.0. The monoisotopic (exact) mass is 529 g/mol. The van der Waals surface area contributed by atoms with Crippen LogP contribution in [0.15, 0.2) is 64.2 Å². The summed E-state index contributed by atoms with van der Waals surface area (Å²) in [4.78, 5) is 20.6. The maximum Gasteiger partial charge on any atom is 0.206 e. The number of hydrogen-bond acceptors (Lipinski definition) is 9. The Morgan fingerprint density at radius 2 is 1.90 bits per heavy atom. The third-order valence-electron chi connectivity index (χ3n) is 9.41. The molecule has 2 saturated carbocycles. The molecule has 10 heteroatoms. The number of hydrazone groups is 1. The summed E-state index contributed by atoms with van der Waals surface area (Å²) >= 11 is 0. The van der Waals surface area contributed by atoms with Crippen LogP contribution in [0.25, 0.3) is 5.70 Å². The molecule has 1 aromatic rings. The number of pyridine rings is 1. The number of nitrogens with one attached hydrogen (secondary N) is 1. The number of piperidine rings is 1. The van der Waals surface area contributed by atoms with Crippen molar-refractivity contribution in [3.63, 3.8) is 0 Å². The molecule has 5 atom stereocenters. The molecule has 3 fully saturated rings. The maximum absolute atomic E-state index is 14.5. The lowest BCUT2D eigenvalue weighted by Crippen LogP contribution is -2.52. The molecule has 1 aromatic heterocycles. The minimum absolute atomic E-state index is 0.0160. The molecule has 0 aromatic carbocycles. The van der Waals surface area contributed by atoms with Gasteiger partial charge in [0.25, 0.3) is 0 Å². The summed E-state index contributed by atoms with van der Waals surface area (Å²) in [6.45, 7) is 12.5. The van der Waals surface area contributed by atoms with Gasteiger partial charge in [0.05, 0.1) is 17.8 Å². The van der Waals surface area contributed by atoms with E-state index in [1.807, 2.05) is 18.0 Å². The predicted octanol–water partition coefficient (Wildman–Crippen LogP) is 3.29. The molecule has 6 aliphatic rings. The Bertz CT molecular complexity index is 1340. The van der Waals surface area contributed by atoms with Crippen molar-refractivity contribution < 1.29 is 4.39 Å². The average Bonchev–Trinajstić information content (AvgIpc) is 3.34. The fourth-order valence-corrected chi connectivity index (χ4v) is 7.25. The highest BCUT2D eigenvalue weighted by Crippen LogP contribution is 2.49. The van der Waals surface area contributed by atoms with E-state index in [4.69, 9.17) is 15.1 Å². The minimum atomic E-state index is -0.385. The molecule has 0 radical (unpaired) electrons. The van der Waals surface area contributed by atoms with Gasteiger partial charge in [-0.1, -0.05) is 26.0 Å². The fraction of sp³-hybridized carbons (Fsp3) is 0.517. The lowest BCUT2D eigenvalue weighted by Gasteiger charge is -2.38.